The van der Waals surface area contributed by atoms with E-state index in [1.54, 1.807) is 11.8 Å². The summed E-state index contributed by atoms with van der Waals surface area (Å²) >= 11 is 5.64. The second-order valence-corrected chi connectivity index (χ2v) is 10.2. The molecule has 1 saturated heterocycles. The Balaban J connectivity index is 1.06. The number of hydrogen-bond donors (Lipinski definition) is 2. The Kier molecular flexibility index (Phi) is 5.94. The van der Waals surface area contributed by atoms with Gasteiger partial charge in [-0.1, -0.05) is 11.6 Å². The van der Waals surface area contributed by atoms with Gasteiger partial charge >= 0.3 is 0 Å². The van der Waals surface area contributed by atoms with Gasteiger partial charge in [0, 0.05) is 43.1 Å². The van der Waals surface area contributed by atoms with Gasteiger partial charge < -0.3 is 24.7 Å². The number of piperidine rings is 1. The van der Waals surface area contributed by atoms with E-state index in [-0.39, 0.29) is 57.9 Å². The zero-order valence-corrected chi connectivity index (χ0v) is 20.0. The van der Waals surface area contributed by atoms with Crippen LogP contribution in [0.25, 0.3) is 0 Å². The lowest BCUT2D eigenvalue weighted by Gasteiger charge is -2.70. The van der Waals surface area contributed by atoms with Crippen molar-refractivity contribution < 1.29 is 27.9 Å². The second-order valence-electron chi connectivity index (χ2n) is 9.80. The van der Waals surface area contributed by atoms with Crippen LogP contribution in [0, 0.1) is 5.82 Å². The van der Waals surface area contributed by atoms with Crippen molar-refractivity contribution in [2.45, 2.75) is 56.0 Å². The maximum atomic E-state index is 13.5. The number of likely N-dealkylation sites (tertiary alicyclic amines) is 1. The van der Waals surface area contributed by atoms with Crippen LogP contribution in [0.5, 0.6) is 5.75 Å². The minimum atomic E-state index is -0.612. The van der Waals surface area contributed by atoms with Crippen molar-refractivity contribution in [3.63, 3.8) is 0 Å². The molecule has 6 rings (SSSR count). The van der Waals surface area contributed by atoms with Gasteiger partial charge in [-0.2, -0.15) is 0 Å². The highest BCUT2D eigenvalue weighted by molar-refractivity contribution is 6.30. The predicted octanol–water partition coefficient (Wildman–Crippen LogP) is 2.79. The van der Waals surface area contributed by atoms with Crippen LogP contribution in [0.3, 0.4) is 0 Å². The first kappa shape index (κ1) is 23.6. The van der Waals surface area contributed by atoms with Gasteiger partial charge in [0.2, 0.25) is 11.7 Å². The summed E-state index contributed by atoms with van der Waals surface area (Å²) in [5.41, 5.74) is -0.708. The van der Waals surface area contributed by atoms with Crippen molar-refractivity contribution in [2.75, 3.05) is 19.7 Å². The quantitative estimate of drug-likeness (QED) is 0.599. The minimum Gasteiger partial charge on any atom is -0.484 e. The van der Waals surface area contributed by atoms with Crippen LogP contribution in [-0.4, -0.2) is 58.4 Å². The maximum Gasteiger partial charge on any atom is 0.289 e. The van der Waals surface area contributed by atoms with E-state index in [0.717, 1.165) is 18.9 Å². The SMILES string of the molecule is CC(=O)N1CCC(c2ncc(C(=O)NC34CC(NC(=O)COc5ccc(Cl)c(F)c5)(C3)C4)o2)CC1. The van der Waals surface area contributed by atoms with Crippen molar-refractivity contribution in [2.24, 2.45) is 0 Å². The van der Waals surface area contributed by atoms with Gasteiger partial charge in [0.05, 0.1) is 11.2 Å². The summed E-state index contributed by atoms with van der Waals surface area (Å²) in [6.45, 7) is 2.63. The van der Waals surface area contributed by atoms with Crippen molar-refractivity contribution in [3.8, 4) is 5.75 Å². The van der Waals surface area contributed by atoms with Gasteiger partial charge in [-0.3, -0.25) is 14.4 Å². The lowest BCUT2D eigenvalue weighted by molar-refractivity contribution is -0.141. The van der Waals surface area contributed by atoms with E-state index in [2.05, 4.69) is 15.6 Å². The molecule has 4 fully saturated rings. The molecule has 9 nitrogen and oxygen atoms in total. The third kappa shape index (κ3) is 4.71. The number of halogens is 2. The van der Waals surface area contributed by atoms with Gasteiger partial charge in [0.15, 0.2) is 12.5 Å². The number of carbonyl (C=O) groups is 3. The largest absolute Gasteiger partial charge is 0.484 e. The molecule has 3 saturated carbocycles. The van der Waals surface area contributed by atoms with E-state index in [1.165, 1.54) is 18.3 Å². The number of nitrogens with zero attached hydrogens (tertiary/aromatic N) is 2. The molecule has 1 aliphatic heterocycles. The number of carbonyl (C=O) groups excluding carboxylic acids is 3. The maximum absolute atomic E-state index is 13.5. The van der Waals surface area contributed by atoms with Crippen molar-refractivity contribution in [1.29, 1.82) is 0 Å². The summed E-state index contributed by atoms with van der Waals surface area (Å²) in [5, 5.41) is 5.96. The van der Waals surface area contributed by atoms with E-state index < -0.39 is 5.82 Å². The molecule has 2 aromatic rings. The first-order valence-electron chi connectivity index (χ1n) is 11.6. The van der Waals surface area contributed by atoms with Crippen LogP contribution >= 0.6 is 11.6 Å². The number of ether oxygens (including phenoxy) is 1. The summed E-state index contributed by atoms with van der Waals surface area (Å²) in [6, 6.07) is 3.99. The molecule has 186 valence electrons. The van der Waals surface area contributed by atoms with Gasteiger partial charge in [-0.25, -0.2) is 9.37 Å². The average molecular weight is 505 g/mol. The highest BCUT2D eigenvalue weighted by Gasteiger charge is 2.69. The Morgan fingerprint density at radius 3 is 2.54 bits per heavy atom. The average Bonchev–Trinajstić information content (AvgIpc) is 3.28. The molecular formula is C24H26ClFN4O5. The topological polar surface area (TPSA) is 114 Å². The monoisotopic (exact) mass is 504 g/mol. The Morgan fingerprint density at radius 1 is 1.20 bits per heavy atom. The first-order chi connectivity index (χ1) is 16.7. The fourth-order valence-corrected chi connectivity index (χ4v) is 5.54. The lowest BCUT2D eigenvalue weighted by Crippen LogP contribution is -2.84. The molecule has 11 heteroatoms. The fraction of sp³-hybridized carbons (Fsp3) is 0.500. The van der Waals surface area contributed by atoms with E-state index in [9.17, 15) is 18.8 Å². The Hall–Kier alpha value is -3.14. The number of benzene rings is 1. The minimum absolute atomic E-state index is 0.0143. The summed E-state index contributed by atoms with van der Waals surface area (Å²) in [5.74, 6) is -0.174. The van der Waals surface area contributed by atoms with Crippen LogP contribution in [-0.2, 0) is 9.59 Å². The summed E-state index contributed by atoms with van der Waals surface area (Å²) in [4.78, 5) is 42.6. The smallest absolute Gasteiger partial charge is 0.289 e. The summed E-state index contributed by atoms with van der Waals surface area (Å²) in [7, 11) is 0. The zero-order valence-electron chi connectivity index (χ0n) is 19.2. The van der Waals surface area contributed by atoms with E-state index >= 15 is 0 Å². The normalized spacial score (nSPS) is 25.3. The van der Waals surface area contributed by atoms with Crippen molar-refractivity contribution in [3.05, 3.63) is 46.9 Å². The Morgan fingerprint density at radius 2 is 1.89 bits per heavy atom. The van der Waals surface area contributed by atoms with E-state index in [1.807, 2.05) is 0 Å². The molecule has 4 aliphatic rings. The van der Waals surface area contributed by atoms with Crippen molar-refractivity contribution >= 4 is 29.3 Å². The number of oxazole rings is 1. The number of amides is 3. The molecule has 0 unspecified atom stereocenters. The second kappa shape index (κ2) is 8.82. The molecular weight excluding hydrogens is 479 g/mol. The van der Waals surface area contributed by atoms with Gasteiger partial charge in [0.25, 0.3) is 11.8 Å². The molecule has 1 aromatic heterocycles. The van der Waals surface area contributed by atoms with Gasteiger partial charge in [-0.15, -0.1) is 0 Å². The Labute approximate surface area is 206 Å². The van der Waals surface area contributed by atoms with Gasteiger partial charge in [-0.05, 0) is 44.2 Å². The van der Waals surface area contributed by atoms with Crippen LogP contribution in [0.4, 0.5) is 4.39 Å². The third-order valence-electron chi connectivity index (χ3n) is 7.11. The molecule has 35 heavy (non-hydrogen) atoms. The Bertz CT molecular complexity index is 1160. The summed E-state index contributed by atoms with van der Waals surface area (Å²) in [6.07, 6.45) is 4.82. The predicted molar refractivity (Wildman–Crippen MR) is 123 cm³/mol. The highest BCUT2D eigenvalue weighted by Crippen LogP contribution is 2.60. The van der Waals surface area contributed by atoms with E-state index in [0.29, 0.717) is 38.2 Å². The van der Waals surface area contributed by atoms with Crippen LogP contribution < -0.4 is 15.4 Å². The summed E-state index contributed by atoms with van der Waals surface area (Å²) < 4.78 is 24.6. The zero-order chi connectivity index (χ0) is 24.8. The lowest BCUT2D eigenvalue weighted by atomic mass is 9.44. The number of hydrogen-bond acceptors (Lipinski definition) is 6. The standard InChI is InChI=1S/C24H26ClFN4O5/c1-14(31)30-6-4-15(5-7-30)22-27-9-19(35-22)21(33)29-24-11-23(12-24,13-24)28-20(32)10-34-16-2-3-17(25)18(26)8-16/h2-3,8-9,15H,4-7,10-13H2,1H3,(H,28,32)(H,29,33). The molecule has 3 amide bonds. The van der Waals surface area contributed by atoms with E-state index in [4.69, 9.17) is 20.8 Å². The van der Waals surface area contributed by atoms with Crippen molar-refractivity contribution in [1.82, 2.24) is 20.5 Å². The number of aromatic nitrogens is 1. The molecule has 2 N–H and O–H groups in total. The molecule has 1 aromatic carbocycles. The van der Waals surface area contributed by atoms with Crippen LogP contribution in [0.1, 0.15) is 61.4 Å². The molecule has 2 heterocycles. The first-order valence-corrected chi connectivity index (χ1v) is 12.0. The van der Waals surface area contributed by atoms with Crippen LogP contribution in [0.15, 0.2) is 28.8 Å². The van der Waals surface area contributed by atoms with Crippen LogP contribution in [0.2, 0.25) is 5.02 Å². The number of nitrogens with one attached hydrogen (secondary N) is 2. The third-order valence-corrected chi connectivity index (χ3v) is 7.42. The highest BCUT2D eigenvalue weighted by atomic mass is 35.5. The molecule has 0 radical (unpaired) electrons. The molecule has 0 atom stereocenters. The number of rotatable bonds is 7. The van der Waals surface area contributed by atoms with Gasteiger partial charge in [0.1, 0.15) is 11.6 Å². The fourth-order valence-electron chi connectivity index (χ4n) is 5.43. The molecule has 3 aliphatic carbocycles. The molecule has 2 bridgehead atoms. The molecule has 0 spiro atoms.